The van der Waals surface area contributed by atoms with Crippen LogP contribution < -0.4 is 10.9 Å². The topological polar surface area (TPSA) is 76.5 Å². The van der Waals surface area contributed by atoms with Crippen molar-refractivity contribution >= 4 is 6.03 Å². The van der Waals surface area contributed by atoms with Crippen molar-refractivity contribution in [2.24, 2.45) is 5.92 Å². The maximum Gasteiger partial charge on any atom is 0.317 e. The summed E-state index contributed by atoms with van der Waals surface area (Å²) in [7, 11) is 0. The molecule has 25 heavy (non-hydrogen) atoms. The van der Waals surface area contributed by atoms with Gasteiger partial charge < -0.3 is 15.0 Å². The lowest BCUT2D eigenvalue weighted by Gasteiger charge is -2.39. The highest BCUT2D eigenvalue weighted by Crippen LogP contribution is 2.20. The van der Waals surface area contributed by atoms with Crippen LogP contribution in [0.5, 0.6) is 0 Å². The second-order valence-electron chi connectivity index (χ2n) is 7.44. The molecule has 1 unspecified atom stereocenters. The van der Waals surface area contributed by atoms with Crippen LogP contribution in [0.15, 0.2) is 10.9 Å². The van der Waals surface area contributed by atoms with Gasteiger partial charge in [0.05, 0.1) is 18.3 Å². The molecule has 136 valence electrons. The predicted molar refractivity (Wildman–Crippen MR) is 92.6 cm³/mol. The lowest BCUT2D eigenvalue weighted by molar-refractivity contribution is 0.0913. The minimum absolute atomic E-state index is 0.0121. The summed E-state index contributed by atoms with van der Waals surface area (Å²) in [5.74, 6) is 0.306. The van der Waals surface area contributed by atoms with Crippen LogP contribution in [0.1, 0.15) is 36.9 Å². The van der Waals surface area contributed by atoms with Crippen LogP contribution in [0.2, 0.25) is 0 Å². The molecule has 1 aromatic rings. The predicted octanol–water partition coefficient (Wildman–Crippen LogP) is 0.942. The summed E-state index contributed by atoms with van der Waals surface area (Å²) in [4.78, 5) is 26.1. The summed E-state index contributed by atoms with van der Waals surface area (Å²) < 4.78 is 7.11. The SMILES string of the molecule is O=C(NCC1CCCO1)N1CC(Cn2nc3c(cc2=O)CCCC3)C1. The van der Waals surface area contributed by atoms with Crippen molar-refractivity contribution in [3.8, 4) is 0 Å². The van der Waals surface area contributed by atoms with E-state index in [-0.39, 0.29) is 17.7 Å². The fourth-order valence-corrected chi connectivity index (χ4v) is 3.95. The molecule has 3 aliphatic rings. The first-order chi connectivity index (χ1) is 12.2. The van der Waals surface area contributed by atoms with E-state index in [0.717, 1.165) is 56.4 Å². The summed E-state index contributed by atoms with van der Waals surface area (Å²) >= 11 is 0. The number of rotatable bonds is 4. The Balaban J connectivity index is 1.26. The smallest absolute Gasteiger partial charge is 0.317 e. The lowest BCUT2D eigenvalue weighted by atomic mass is 9.97. The monoisotopic (exact) mass is 346 g/mol. The van der Waals surface area contributed by atoms with Gasteiger partial charge >= 0.3 is 6.03 Å². The molecule has 2 aliphatic heterocycles. The second-order valence-corrected chi connectivity index (χ2v) is 7.44. The highest BCUT2D eigenvalue weighted by atomic mass is 16.5. The third kappa shape index (κ3) is 3.71. The molecule has 1 aliphatic carbocycles. The van der Waals surface area contributed by atoms with E-state index in [1.807, 2.05) is 0 Å². The van der Waals surface area contributed by atoms with Crippen LogP contribution in [0.25, 0.3) is 0 Å². The molecule has 7 nitrogen and oxygen atoms in total. The van der Waals surface area contributed by atoms with E-state index >= 15 is 0 Å². The molecule has 0 spiro atoms. The summed E-state index contributed by atoms with van der Waals surface area (Å²) in [6.07, 6.45) is 6.51. The Morgan fingerprint density at radius 1 is 1.28 bits per heavy atom. The van der Waals surface area contributed by atoms with E-state index < -0.39 is 0 Å². The van der Waals surface area contributed by atoms with E-state index in [4.69, 9.17) is 4.74 Å². The first kappa shape index (κ1) is 16.6. The minimum atomic E-state index is -0.0301. The van der Waals surface area contributed by atoms with Gasteiger partial charge in [0.15, 0.2) is 0 Å². The average Bonchev–Trinajstić information content (AvgIpc) is 3.09. The summed E-state index contributed by atoms with van der Waals surface area (Å²) in [6.45, 7) is 3.35. The minimum Gasteiger partial charge on any atom is -0.376 e. The normalized spacial score (nSPS) is 23.2. The van der Waals surface area contributed by atoms with Gasteiger partial charge in [-0.25, -0.2) is 9.48 Å². The van der Waals surface area contributed by atoms with Crippen molar-refractivity contribution < 1.29 is 9.53 Å². The van der Waals surface area contributed by atoms with E-state index in [9.17, 15) is 9.59 Å². The van der Waals surface area contributed by atoms with Crippen molar-refractivity contribution in [3.05, 3.63) is 27.7 Å². The molecule has 4 rings (SSSR count). The van der Waals surface area contributed by atoms with Crippen molar-refractivity contribution in [2.75, 3.05) is 26.2 Å². The Morgan fingerprint density at radius 2 is 2.12 bits per heavy atom. The van der Waals surface area contributed by atoms with Gasteiger partial charge in [-0.05, 0) is 44.1 Å². The van der Waals surface area contributed by atoms with Gasteiger partial charge in [-0.3, -0.25) is 4.79 Å². The van der Waals surface area contributed by atoms with E-state index in [0.29, 0.717) is 32.1 Å². The van der Waals surface area contributed by atoms with Crippen molar-refractivity contribution in [3.63, 3.8) is 0 Å². The number of likely N-dealkylation sites (tertiary alicyclic amines) is 1. The zero-order chi connectivity index (χ0) is 17.2. The molecule has 1 atom stereocenters. The van der Waals surface area contributed by atoms with Gasteiger partial charge in [-0.2, -0.15) is 5.10 Å². The molecule has 2 amide bonds. The molecular formula is C18H26N4O3. The fraction of sp³-hybridized carbons (Fsp3) is 0.722. The zero-order valence-corrected chi connectivity index (χ0v) is 14.6. The molecule has 2 fully saturated rings. The molecule has 1 aromatic heterocycles. The van der Waals surface area contributed by atoms with Crippen LogP contribution in [0, 0.1) is 5.92 Å². The van der Waals surface area contributed by atoms with Gasteiger partial charge in [0.2, 0.25) is 0 Å². The molecule has 1 N–H and O–H groups in total. The van der Waals surface area contributed by atoms with Crippen LogP contribution in [-0.2, 0) is 24.1 Å². The fourth-order valence-electron chi connectivity index (χ4n) is 3.95. The third-order valence-corrected chi connectivity index (χ3v) is 5.45. The molecular weight excluding hydrogens is 320 g/mol. The van der Waals surface area contributed by atoms with Gasteiger partial charge in [0.1, 0.15) is 0 Å². The van der Waals surface area contributed by atoms with Crippen molar-refractivity contribution in [1.29, 1.82) is 0 Å². The largest absolute Gasteiger partial charge is 0.376 e. The number of ether oxygens (including phenoxy) is 1. The molecule has 0 saturated carbocycles. The van der Waals surface area contributed by atoms with Crippen LogP contribution in [0.3, 0.4) is 0 Å². The molecule has 0 radical (unpaired) electrons. The van der Waals surface area contributed by atoms with Crippen molar-refractivity contribution in [1.82, 2.24) is 20.0 Å². The van der Waals surface area contributed by atoms with E-state index in [2.05, 4.69) is 10.4 Å². The maximum atomic E-state index is 12.2. The number of carbonyl (C=O) groups is 1. The molecule has 2 saturated heterocycles. The number of carbonyl (C=O) groups excluding carboxylic acids is 1. The lowest BCUT2D eigenvalue weighted by Crippen LogP contribution is -2.56. The van der Waals surface area contributed by atoms with Gasteiger partial charge in [-0.15, -0.1) is 0 Å². The Kier molecular flexibility index (Phi) is 4.74. The quantitative estimate of drug-likeness (QED) is 0.880. The Hall–Kier alpha value is -1.89. The summed E-state index contributed by atoms with van der Waals surface area (Å²) in [5, 5.41) is 7.50. The Labute approximate surface area is 147 Å². The molecule has 0 aromatic carbocycles. The first-order valence-corrected chi connectivity index (χ1v) is 9.43. The zero-order valence-electron chi connectivity index (χ0n) is 14.6. The number of nitrogens with one attached hydrogen (secondary N) is 1. The number of fused-ring (bicyclic) bond motifs is 1. The number of aromatic nitrogens is 2. The van der Waals surface area contributed by atoms with E-state index in [1.165, 1.54) is 0 Å². The molecule has 3 heterocycles. The number of amides is 2. The van der Waals surface area contributed by atoms with Crippen LogP contribution in [0.4, 0.5) is 4.79 Å². The number of hydrogen-bond donors (Lipinski definition) is 1. The number of aryl methyl sites for hydroxylation is 2. The van der Waals surface area contributed by atoms with Gasteiger partial charge in [0, 0.05) is 38.2 Å². The van der Waals surface area contributed by atoms with E-state index in [1.54, 1.807) is 15.6 Å². The van der Waals surface area contributed by atoms with Crippen LogP contribution in [-0.4, -0.2) is 53.1 Å². The number of urea groups is 1. The van der Waals surface area contributed by atoms with Crippen LogP contribution >= 0.6 is 0 Å². The Morgan fingerprint density at radius 3 is 2.92 bits per heavy atom. The summed E-state index contributed by atoms with van der Waals surface area (Å²) in [5.41, 5.74) is 2.19. The third-order valence-electron chi connectivity index (χ3n) is 5.45. The second kappa shape index (κ2) is 7.15. The summed E-state index contributed by atoms with van der Waals surface area (Å²) in [6, 6.07) is 1.73. The number of hydrogen-bond acceptors (Lipinski definition) is 4. The van der Waals surface area contributed by atoms with Crippen molar-refractivity contribution in [2.45, 2.75) is 51.2 Å². The highest BCUT2D eigenvalue weighted by molar-refractivity contribution is 5.75. The standard InChI is InChI=1S/C18H26N4O3/c23-17-8-14-4-1-2-6-16(14)20-22(17)12-13-10-21(11-13)18(24)19-9-15-5-3-7-25-15/h8,13,15H,1-7,9-12H2,(H,19,24). The molecule has 7 heteroatoms. The van der Waals surface area contributed by atoms with Gasteiger partial charge in [-0.1, -0.05) is 0 Å². The molecule has 0 bridgehead atoms. The Bertz CT molecular complexity index is 690. The first-order valence-electron chi connectivity index (χ1n) is 9.43. The highest BCUT2D eigenvalue weighted by Gasteiger charge is 2.32. The number of nitrogens with zero attached hydrogens (tertiary/aromatic N) is 3. The average molecular weight is 346 g/mol. The maximum absolute atomic E-state index is 12.2. The van der Waals surface area contributed by atoms with Gasteiger partial charge in [0.25, 0.3) is 5.56 Å².